The number of hydrogen-bond acceptors (Lipinski definition) is 2. The summed E-state index contributed by atoms with van der Waals surface area (Å²) < 4.78 is 5.61. The van der Waals surface area contributed by atoms with Crippen LogP contribution in [0.25, 0.3) is 0 Å². The highest BCUT2D eigenvalue weighted by Gasteiger charge is 2.17. The molecule has 0 aromatic rings. The second-order valence-electron chi connectivity index (χ2n) is 6.57. The second kappa shape index (κ2) is 11.7. The Hall–Kier alpha value is -0.110. The van der Waals surface area contributed by atoms with Crippen LogP contribution in [0.15, 0.2) is 0 Å². The summed E-state index contributed by atoms with van der Waals surface area (Å²) in [6.07, 6.45) is 13.6. The van der Waals surface area contributed by atoms with Crippen LogP contribution in [0.3, 0.4) is 0 Å². The van der Waals surface area contributed by atoms with E-state index in [0.29, 0.717) is 0 Å². The van der Waals surface area contributed by atoms with E-state index in [9.17, 15) is 0 Å². The zero-order valence-corrected chi connectivity index (χ0v) is 14.4. The molecule has 0 saturated heterocycles. The van der Waals surface area contributed by atoms with Gasteiger partial charge in [0.2, 0.25) is 0 Å². The van der Waals surface area contributed by atoms with Gasteiger partial charge in [-0.1, -0.05) is 85.5 Å². The Morgan fingerprint density at radius 2 is 1.21 bits per heavy atom. The van der Waals surface area contributed by atoms with Crippen LogP contribution in [0.1, 0.15) is 91.9 Å². The van der Waals surface area contributed by atoms with Crippen molar-refractivity contribution in [3.63, 3.8) is 0 Å². The quantitative estimate of drug-likeness (QED) is 0.326. The van der Waals surface area contributed by atoms with Crippen molar-refractivity contribution in [1.29, 1.82) is 0 Å². The first kappa shape index (κ1) is 18.9. The Morgan fingerprint density at radius 1 is 0.789 bits per heavy atom. The Bertz CT molecular complexity index is 218. The summed E-state index contributed by atoms with van der Waals surface area (Å²) in [6.45, 7) is 9.38. The van der Waals surface area contributed by atoms with Crippen molar-refractivity contribution in [2.45, 2.75) is 91.9 Å². The van der Waals surface area contributed by atoms with Gasteiger partial charge in [-0.15, -0.1) is 0 Å². The second-order valence-corrected chi connectivity index (χ2v) is 6.94. The maximum Gasteiger partial charge on any atom is 0.164 e. The van der Waals surface area contributed by atoms with Crippen molar-refractivity contribution >= 4 is 17.3 Å². The lowest BCUT2D eigenvalue weighted by molar-refractivity contribution is 0.264. The topological polar surface area (TPSA) is 9.23 Å². The largest absolute Gasteiger partial charge is 0.486 e. The molecule has 0 bridgehead atoms. The number of hydrogen-bond donors (Lipinski definition) is 0. The average molecular weight is 287 g/mol. The molecule has 0 fully saturated rings. The van der Waals surface area contributed by atoms with Crippen molar-refractivity contribution in [3.05, 3.63) is 0 Å². The number of unbranched alkanes of at least 4 members (excludes halogenated alkanes) is 9. The Balaban J connectivity index is 3.17. The summed E-state index contributed by atoms with van der Waals surface area (Å²) in [5, 5.41) is 0.753. The van der Waals surface area contributed by atoms with E-state index in [1.54, 1.807) is 0 Å². The molecule has 0 N–H and O–H groups in total. The molecule has 0 saturated carbocycles. The van der Waals surface area contributed by atoms with E-state index in [-0.39, 0.29) is 5.41 Å². The van der Waals surface area contributed by atoms with Gasteiger partial charge in [0.05, 0.1) is 6.61 Å². The summed E-state index contributed by atoms with van der Waals surface area (Å²) in [5.41, 5.74) is 0.00776. The van der Waals surface area contributed by atoms with Crippen LogP contribution in [0.2, 0.25) is 0 Å². The van der Waals surface area contributed by atoms with E-state index in [1.165, 1.54) is 57.8 Å². The van der Waals surface area contributed by atoms with E-state index >= 15 is 0 Å². The lowest BCUT2D eigenvalue weighted by Gasteiger charge is -2.19. The summed E-state index contributed by atoms with van der Waals surface area (Å²) in [7, 11) is 0. The summed E-state index contributed by atoms with van der Waals surface area (Å²) in [4.78, 5) is 0. The van der Waals surface area contributed by atoms with Crippen LogP contribution in [-0.2, 0) is 4.74 Å². The molecule has 0 unspecified atom stereocenters. The van der Waals surface area contributed by atoms with Crippen LogP contribution in [0, 0.1) is 5.41 Å². The van der Waals surface area contributed by atoms with Crippen molar-refractivity contribution in [1.82, 2.24) is 0 Å². The molecule has 0 rings (SSSR count). The van der Waals surface area contributed by atoms with Crippen molar-refractivity contribution < 1.29 is 4.74 Å². The van der Waals surface area contributed by atoms with Crippen LogP contribution < -0.4 is 0 Å². The molecule has 0 aliphatic rings. The zero-order valence-electron chi connectivity index (χ0n) is 13.6. The zero-order chi connectivity index (χ0) is 14.6. The highest BCUT2D eigenvalue weighted by atomic mass is 32.1. The normalized spacial score (nSPS) is 11.6. The number of thiocarbonyl (C=S) groups is 1. The van der Waals surface area contributed by atoms with E-state index in [1.807, 2.05) is 0 Å². The van der Waals surface area contributed by atoms with E-state index < -0.39 is 0 Å². The summed E-state index contributed by atoms with van der Waals surface area (Å²) in [6, 6.07) is 0. The first-order valence-electron chi connectivity index (χ1n) is 8.15. The molecule has 0 aliphatic heterocycles. The minimum Gasteiger partial charge on any atom is -0.486 e. The molecule has 0 aromatic carbocycles. The molecule has 0 spiro atoms. The van der Waals surface area contributed by atoms with Gasteiger partial charge in [0.15, 0.2) is 5.05 Å². The fourth-order valence-electron chi connectivity index (χ4n) is 1.97. The predicted molar refractivity (Wildman–Crippen MR) is 89.8 cm³/mol. The van der Waals surface area contributed by atoms with Gasteiger partial charge in [0, 0.05) is 5.41 Å². The van der Waals surface area contributed by atoms with Crippen LogP contribution in [0.4, 0.5) is 0 Å². The molecule has 19 heavy (non-hydrogen) atoms. The standard InChI is InChI=1S/C17H34OS/c1-5-6-7-8-9-10-11-12-13-14-15-18-16(19)17(2,3)4/h5-15H2,1-4H3. The fraction of sp³-hybridized carbons (Fsp3) is 0.941. The molecule has 0 atom stereocenters. The van der Waals surface area contributed by atoms with Gasteiger partial charge in [-0.05, 0) is 18.6 Å². The van der Waals surface area contributed by atoms with Gasteiger partial charge in [-0.3, -0.25) is 0 Å². The van der Waals surface area contributed by atoms with Gasteiger partial charge in [0.25, 0.3) is 0 Å². The van der Waals surface area contributed by atoms with Gasteiger partial charge in [-0.2, -0.15) is 0 Å². The lowest BCUT2D eigenvalue weighted by Crippen LogP contribution is -2.21. The van der Waals surface area contributed by atoms with Gasteiger partial charge < -0.3 is 4.74 Å². The van der Waals surface area contributed by atoms with Crippen LogP contribution in [-0.4, -0.2) is 11.7 Å². The Morgan fingerprint density at radius 3 is 1.63 bits per heavy atom. The molecule has 0 radical (unpaired) electrons. The Labute approximate surface area is 126 Å². The highest BCUT2D eigenvalue weighted by Crippen LogP contribution is 2.17. The Kier molecular flexibility index (Phi) is 11.6. The smallest absolute Gasteiger partial charge is 0.164 e. The first-order valence-corrected chi connectivity index (χ1v) is 8.56. The van der Waals surface area contributed by atoms with Crippen LogP contribution in [0.5, 0.6) is 0 Å². The summed E-state index contributed by atoms with van der Waals surface area (Å²) in [5.74, 6) is 0. The maximum atomic E-state index is 5.61. The molecule has 114 valence electrons. The van der Waals surface area contributed by atoms with E-state index in [4.69, 9.17) is 17.0 Å². The van der Waals surface area contributed by atoms with Crippen molar-refractivity contribution in [3.8, 4) is 0 Å². The van der Waals surface area contributed by atoms with Crippen molar-refractivity contribution in [2.75, 3.05) is 6.61 Å². The average Bonchev–Trinajstić information content (AvgIpc) is 2.34. The monoisotopic (exact) mass is 286 g/mol. The van der Waals surface area contributed by atoms with Gasteiger partial charge >= 0.3 is 0 Å². The maximum absolute atomic E-state index is 5.61. The number of ether oxygens (including phenoxy) is 1. The molecule has 1 nitrogen and oxygen atoms in total. The molecule has 0 heterocycles. The fourth-order valence-corrected chi connectivity index (χ4v) is 2.05. The van der Waals surface area contributed by atoms with Gasteiger partial charge in [0.1, 0.15) is 0 Å². The number of rotatable bonds is 11. The predicted octanol–water partition coefficient (Wildman–Crippen LogP) is 6.30. The third-order valence-corrected chi connectivity index (χ3v) is 4.07. The van der Waals surface area contributed by atoms with Crippen molar-refractivity contribution in [2.24, 2.45) is 5.41 Å². The SMILES string of the molecule is CCCCCCCCCCCCOC(=S)C(C)(C)C. The third-order valence-electron chi connectivity index (χ3n) is 3.34. The third kappa shape index (κ3) is 12.7. The van der Waals surface area contributed by atoms with E-state index in [2.05, 4.69) is 27.7 Å². The first-order chi connectivity index (χ1) is 8.98. The summed E-state index contributed by atoms with van der Waals surface area (Å²) >= 11 is 5.24. The molecule has 2 heteroatoms. The van der Waals surface area contributed by atoms with E-state index in [0.717, 1.165) is 18.1 Å². The minimum atomic E-state index is 0.00776. The lowest BCUT2D eigenvalue weighted by atomic mass is 9.98. The molecular formula is C17H34OS. The molecule has 0 amide bonds. The molecular weight excluding hydrogens is 252 g/mol. The van der Waals surface area contributed by atoms with Crippen LogP contribution >= 0.6 is 12.2 Å². The highest BCUT2D eigenvalue weighted by molar-refractivity contribution is 7.80. The molecule has 0 aliphatic carbocycles. The minimum absolute atomic E-state index is 0.00776. The van der Waals surface area contributed by atoms with Gasteiger partial charge in [-0.25, -0.2) is 0 Å². The molecule has 0 aromatic heterocycles.